The average molecular weight is 265 g/mol. The van der Waals surface area contributed by atoms with E-state index < -0.39 is 5.97 Å². The molecule has 1 aromatic heterocycles. The first-order valence-corrected chi connectivity index (χ1v) is 6.02. The molecule has 0 unspecified atom stereocenters. The first kappa shape index (κ1) is 14.9. The molecule has 6 nitrogen and oxygen atoms in total. The van der Waals surface area contributed by atoms with Crippen LogP contribution in [0.1, 0.15) is 37.6 Å². The van der Waals surface area contributed by atoms with Crippen molar-refractivity contribution in [2.45, 2.75) is 32.7 Å². The lowest BCUT2D eigenvalue weighted by molar-refractivity contribution is -0.122. The van der Waals surface area contributed by atoms with E-state index in [1.165, 1.54) is 18.5 Å². The summed E-state index contributed by atoms with van der Waals surface area (Å²) in [6, 6.07) is 1.42. The largest absolute Gasteiger partial charge is 0.478 e. The van der Waals surface area contributed by atoms with E-state index >= 15 is 0 Å². The smallest absolute Gasteiger partial charge is 0.337 e. The van der Waals surface area contributed by atoms with Crippen molar-refractivity contribution in [1.29, 1.82) is 0 Å². The molecule has 104 valence electrons. The van der Waals surface area contributed by atoms with Crippen LogP contribution in [0.2, 0.25) is 0 Å². The predicted octanol–water partition coefficient (Wildman–Crippen LogP) is 1.50. The van der Waals surface area contributed by atoms with Crippen LogP contribution in [0.15, 0.2) is 18.5 Å². The number of rotatable bonds is 5. The van der Waals surface area contributed by atoms with Gasteiger partial charge < -0.3 is 15.7 Å². The summed E-state index contributed by atoms with van der Waals surface area (Å²) < 4.78 is 0. The van der Waals surface area contributed by atoms with Crippen molar-refractivity contribution in [1.82, 2.24) is 10.3 Å². The number of aromatic carboxylic acids is 1. The molecule has 0 saturated heterocycles. The van der Waals surface area contributed by atoms with Crippen LogP contribution in [0.3, 0.4) is 0 Å². The van der Waals surface area contributed by atoms with E-state index in [4.69, 9.17) is 5.11 Å². The summed E-state index contributed by atoms with van der Waals surface area (Å²) in [7, 11) is 0. The minimum Gasteiger partial charge on any atom is -0.478 e. The van der Waals surface area contributed by atoms with Crippen LogP contribution >= 0.6 is 0 Å². The quantitative estimate of drug-likeness (QED) is 0.750. The van der Waals surface area contributed by atoms with Gasteiger partial charge in [-0.25, -0.2) is 4.79 Å². The molecule has 1 rings (SSSR count). The van der Waals surface area contributed by atoms with Gasteiger partial charge in [0.05, 0.1) is 17.4 Å². The van der Waals surface area contributed by atoms with Gasteiger partial charge in [-0.2, -0.15) is 0 Å². The standard InChI is InChI=1S/C13H19N3O3/c1-13(2,3)16-11(17)5-7-15-10-8-14-6-4-9(10)12(18)19/h4,6,8,15H,5,7H2,1-3H3,(H,16,17)(H,18,19). The molecule has 1 heterocycles. The Morgan fingerprint density at radius 2 is 2.05 bits per heavy atom. The van der Waals surface area contributed by atoms with Crippen LogP contribution in [-0.2, 0) is 4.79 Å². The zero-order valence-electron chi connectivity index (χ0n) is 11.4. The molecular formula is C13H19N3O3. The van der Waals surface area contributed by atoms with Crippen molar-refractivity contribution >= 4 is 17.6 Å². The molecule has 3 N–H and O–H groups in total. The minimum atomic E-state index is -1.02. The minimum absolute atomic E-state index is 0.0826. The molecule has 0 saturated carbocycles. The molecule has 0 aromatic carbocycles. The second-order valence-corrected chi connectivity index (χ2v) is 5.20. The van der Waals surface area contributed by atoms with Crippen LogP contribution in [0.4, 0.5) is 5.69 Å². The highest BCUT2D eigenvalue weighted by molar-refractivity contribution is 5.93. The summed E-state index contributed by atoms with van der Waals surface area (Å²) in [5.41, 5.74) is 0.294. The second kappa shape index (κ2) is 6.17. The van der Waals surface area contributed by atoms with Gasteiger partial charge >= 0.3 is 5.97 Å². The Balaban J connectivity index is 2.50. The summed E-state index contributed by atoms with van der Waals surface area (Å²) in [5, 5.41) is 14.7. The van der Waals surface area contributed by atoms with Crippen molar-refractivity contribution in [3.05, 3.63) is 24.0 Å². The van der Waals surface area contributed by atoms with E-state index in [0.717, 1.165) is 0 Å². The number of aromatic nitrogens is 1. The van der Waals surface area contributed by atoms with Gasteiger partial charge in [-0.1, -0.05) is 0 Å². The molecular weight excluding hydrogens is 246 g/mol. The monoisotopic (exact) mass is 265 g/mol. The van der Waals surface area contributed by atoms with Gasteiger partial charge in [-0.15, -0.1) is 0 Å². The van der Waals surface area contributed by atoms with Gasteiger partial charge in [0.25, 0.3) is 0 Å². The Labute approximate surface area is 112 Å². The van der Waals surface area contributed by atoms with Crippen molar-refractivity contribution < 1.29 is 14.7 Å². The molecule has 19 heavy (non-hydrogen) atoms. The Kier molecular flexibility index (Phi) is 4.86. The van der Waals surface area contributed by atoms with Gasteiger partial charge in [0.1, 0.15) is 0 Å². The highest BCUT2D eigenvalue weighted by Gasteiger charge is 2.14. The number of carboxylic acid groups (broad SMARTS) is 1. The molecule has 0 aliphatic carbocycles. The third-order valence-electron chi connectivity index (χ3n) is 2.23. The maximum Gasteiger partial charge on any atom is 0.337 e. The zero-order chi connectivity index (χ0) is 14.5. The highest BCUT2D eigenvalue weighted by Crippen LogP contribution is 2.12. The third-order valence-corrected chi connectivity index (χ3v) is 2.23. The van der Waals surface area contributed by atoms with Crippen molar-refractivity contribution in [2.24, 2.45) is 0 Å². The maximum atomic E-state index is 11.6. The van der Waals surface area contributed by atoms with Crippen LogP contribution in [0.5, 0.6) is 0 Å². The molecule has 0 bridgehead atoms. The lowest BCUT2D eigenvalue weighted by atomic mass is 10.1. The fraction of sp³-hybridized carbons (Fsp3) is 0.462. The summed E-state index contributed by atoms with van der Waals surface area (Å²) in [6.07, 6.45) is 3.12. The van der Waals surface area contributed by atoms with Crippen LogP contribution in [0, 0.1) is 0 Å². The Hall–Kier alpha value is -2.11. The van der Waals surface area contributed by atoms with E-state index in [1.807, 2.05) is 20.8 Å². The number of carbonyl (C=O) groups is 2. The topological polar surface area (TPSA) is 91.3 Å². The average Bonchev–Trinajstić information content (AvgIpc) is 2.27. The molecule has 0 aliphatic heterocycles. The second-order valence-electron chi connectivity index (χ2n) is 5.20. The zero-order valence-corrected chi connectivity index (χ0v) is 11.4. The first-order valence-electron chi connectivity index (χ1n) is 6.02. The van der Waals surface area contributed by atoms with Gasteiger partial charge in [0, 0.05) is 24.7 Å². The molecule has 0 fully saturated rings. The molecule has 0 aliphatic rings. The van der Waals surface area contributed by atoms with E-state index in [-0.39, 0.29) is 23.4 Å². The van der Waals surface area contributed by atoms with Crippen LogP contribution in [-0.4, -0.2) is 34.1 Å². The van der Waals surface area contributed by atoms with Gasteiger partial charge in [0.15, 0.2) is 0 Å². The summed E-state index contributed by atoms with van der Waals surface area (Å²) >= 11 is 0. The van der Waals surface area contributed by atoms with Gasteiger partial charge in [-0.05, 0) is 26.8 Å². The Morgan fingerprint density at radius 1 is 1.37 bits per heavy atom. The first-order chi connectivity index (χ1) is 8.79. The number of carbonyl (C=O) groups excluding carboxylic acids is 1. The molecule has 1 aromatic rings. The number of carboxylic acids is 1. The fourth-order valence-electron chi connectivity index (χ4n) is 1.51. The third kappa shape index (κ3) is 5.37. The lowest BCUT2D eigenvalue weighted by Gasteiger charge is -2.20. The van der Waals surface area contributed by atoms with Crippen LogP contribution < -0.4 is 10.6 Å². The van der Waals surface area contributed by atoms with Gasteiger partial charge in [0.2, 0.25) is 5.91 Å². The molecule has 0 atom stereocenters. The molecule has 1 amide bonds. The fourth-order valence-corrected chi connectivity index (χ4v) is 1.51. The number of hydrogen-bond donors (Lipinski definition) is 3. The van der Waals surface area contributed by atoms with E-state index in [0.29, 0.717) is 12.2 Å². The summed E-state index contributed by atoms with van der Waals surface area (Å²) in [6.45, 7) is 6.07. The van der Waals surface area contributed by atoms with Crippen molar-refractivity contribution in [3.8, 4) is 0 Å². The van der Waals surface area contributed by atoms with Crippen LogP contribution in [0.25, 0.3) is 0 Å². The maximum absolute atomic E-state index is 11.6. The van der Waals surface area contributed by atoms with E-state index in [2.05, 4.69) is 15.6 Å². The Morgan fingerprint density at radius 3 is 2.63 bits per heavy atom. The molecule has 0 spiro atoms. The predicted molar refractivity (Wildman–Crippen MR) is 72.2 cm³/mol. The SMILES string of the molecule is CC(C)(C)NC(=O)CCNc1cnccc1C(=O)O. The normalized spacial score (nSPS) is 10.9. The number of anilines is 1. The van der Waals surface area contributed by atoms with Crippen molar-refractivity contribution in [2.75, 3.05) is 11.9 Å². The summed E-state index contributed by atoms with van der Waals surface area (Å²) in [5.74, 6) is -1.11. The summed E-state index contributed by atoms with van der Waals surface area (Å²) in [4.78, 5) is 26.4. The Bertz CT molecular complexity index is 466. The number of hydrogen-bond acceptors (Lipinski definition) is 4. The number of nitrogens with one attached hydrogen (secondary N) is 2. The molecule has 6 heteroatoms. The number of amides is 1. The highest BCUT2D eigenvalue weighted by atomic mass is 16.4. The van der Waals surface area contributed by atoms with E-state index in [1.54, 1.807) is 0 Å². The number of pyridine rings is 1. The van der Waals surface area contributed by atoms with E-state index in [9.17, 15) is 9.59 Å². The molecule has 0 radical (unpaired) electrons. The lowest BCUT2D eigenvalue weighted by Crippen LogP contribution is -2.41. The van der Waals surface area contributed by atoms with Gasteiger partial charge in [-0.3, -0.25) is 9.78 Å². The van der Waals surface area contributed by atoms with Crippen molar-refractivity contribution in [3.63, 3.8) is 0 Å². The number of nitrogens with zero attached hydrogens (tertiary/aromatic N) is 1.